The van der Waals surface area contributed by atoms with Crippen LogP contribution in [0.2, 0.25) is 0 Å². The quantitative estimate of drug-likeness (QED) is 0.695. The molecule has 1 rings (SSSR count). The maximum atomic E-state index is 10.8. The summed E-state index contributed by atoms with van der Waals surface area (Å²) >= 11 is 0. The van der Waals surface area contributed by atoms with Crippen LogP contribution in [0.1, 0.15) is 37.1 Å². The summed E-state index contributed by atoms with van der Waals surface area (Å²) in [6.07, 6.45) is 1.55. The van der Waals surface area contributed by atoms with Gasteiger partial charge in [0.2, 0.25) is 0 Å². The van der Waals surface area contributed by atoms with E-state index in [1.165, 1.54) is 6.07 Å². The van der Waals surface area contributed by atoms with Gasteiger partial charge in [-0.25, -0.2) is 9.97 Å². The van der Waals surface area contributed by atoms with Crippen molar-refractivity contribution in [2.75, 3.05) is 0 Å². The molecule has 0 aliphatic carbocycles. The number of carbonyl (C=O) groups is 1. The Kier molecular flexibility index (Phi) is 2.32. The third-order valence-corrected chi connectivity index (χ3v) is 1.58. The SMILES string of the molecule is CC(C)(C)c1nccc(C(N)=O)n1. The maximum absolute atomic E-state index is 10.8. The molecule has 1 heterocycles. The summed E-state index contributed by atoms with van der Waals surface area (Å²) in [4.78, 5) is 18.9. The molecule has 2 N–H and O–H groups in total. The molecular formula is C9H13N3O. The Morgan fingerprint density at radius 2 is 2.08 bits per heavy atom. The summed E-state index contributed by atoms with van der Waals surface area (Å²) < 4.78 is 0. The number of nitrogens with zero attached hydrogens (tertiary/aromatic N) is 2. The molecule has 0 spiro atoms. The molecule has 70 valence electrons. The molecule has 0 aliphatic rings. The van der Waals surface area contributed by atoms with Crippen LogP contribution in [-0.4, -0.2) is 15.9 Å². The first-order chi connectivity index (χ1) is 5.91. The van der Waals surface area contributed by atoms with Gasteiger partial charge in [-0.2, -0.15) is 0 Å². The number of aromatic nitrogens is 2. The third kappa shape index (κ3) is 2.24. The maximum Gasteiger partial charge on any atom is 0.267 e. The normalized spacial score (nSPS) is 11.3. The predicted octanol–water partition coefficient (Wildman–Crippen LogP) is 0.873. The second-order valence-corrected chi connectivity index (χ2v) is 3.88. The Bertz CT molecular complexity index is 328. The van der Waals surface area contributed by atoms with E-state index in [0.717, 1.165) is 0 Å². The summed E-state index contributed by atoms with van der Waals surface area (Å²) in [7, 11) is 0. The Hall–Kier alpha value is -1.45. The molecule has 0 saturated carbocycles. The molecule has 4 heteroatoms. The number of nitrogens with two attached hydrogens (primary N) is 1. The fourth-order valence-electron chi connectivity index (χ4n) is 0.857. The molecule has 1 amide bonds. The minimum absolute atomic E-state index is 0.161. The first-order valence-corrected chi connectivity index (χ1v) is 4.04. The van der Waals surface area contributed by atoms with E-state index in [-0.39, 0.29) is 11.1 Å². The van der Waals surface area contributed by atoms with Gasteiger partial charge in [-0.05, 0) is 6.07 Å². The van der Waals surface area contributed by atoms with Gasteiger partial charge in [0.05, 0.1) is 0 Å². The van der Waals surface area contributed by atoms with Crippen LogP contribution in [0.15, 0.2) is 12.3 Å². The molecule has 0 bridgehead atoms. The van der Waals surface area contributed by atoms with Gasteiger partial charge < -0.3 is 5.73 Å². The van der Waals surface area contributed by atoms with Gasteiger partial charge in [0.15, 0.2) is 0 Å². The topological polar surface area (TPSA) is 68.9 Å². The van der Waals surface area contributed by atoms with Gasteiger partial charge in [0.25, 0.3) is 5.91 Å². The summed E-state index contributed by atoms with van der Waals surface area (Å²) in [6, 6.07) is 1.51. The second-order valence-electron chi connectivity index (χ2n) is 3.88. The fraction of sp³-hybridized carbons (Fsp3) is 0.444. The first kappa shape index (κ1) is 9.64. The van der Waals surface area contributed by atoms with Crippen molar-refractivity contribution in [2.24, 2.45) is 5.73 Å². The third-order valence-electron chi connectivity index (χ3n) is 1.58. The zero-order valence-electron chi connectivity index (χ0n) is 8.03. The number of rotatable bonds is 1. The smallest absolute Gasteiger partial charge is 0.267 e. The minimum atomic E-state index is -0.520. The van der Waals surface area contributed by atoms with Crippen LogP contribution < -0.4 is 5.73 Å². The van der Waals surface area contributed by atoms with Gasteiger partial charge >= 0.3 is 0 Å². The lowest BCUT2D eigenvalue weighted by atomic mass is 9.96. The van der Waals surface area contributed by atoms with Crippen LogP contribution >= 0.6 is 0 Å². The van der Waals surface area contributed by atoms with Gasteiger partial charge in [0.1, 0.15) is 11.5 Å². The molecule has 0 fully saturated rings. The van der Waals surface area contributed by atoms with E-state index >= 15 is 0 Å². The molecular weight excluding hydrogens is 166 g/mol. The van der Waals surface area contributed by atoms with Crippen LogP contribution in [-0.2, 0) is 5.41 Å². The lowest BCUT2D eigenvalue weighted by Crippen LogP contribution is -2.20. The molecule has 0 aliphatic heterocycles. The van der Waals surface area contributed by atoms with E-state index in [2.05, 4.69) is 9.97 Å². The number of hydrogen-bond acceptors (Lipinski definition) is 3. The van der Waals surface area contributed by atoms with Crippen molar-refractivity contribution in [3.63, 3.8) is 0 Å². The van der Waals surface area contributed by atoms with E-state index in [9.17, 15) is 4.79 Å². The van der Waals surface area contributed by atoms with Crippen LogP contribution in [0.3, 0.4) is 0 Å². The van der Waals surface area contributed by atoms with Gasteiger partial charge in [-0.15, -0.1) is 0 Å². The Morgan fingerprint density at radius 1 is 1.46 bits per heavy atom. The first-order valence-electron chi connectivity index (χ1n) is 4.04. The van der Waals surface area contributed by atoms with Crippen molar-refractivity contribution in [2.45, 2.75) is 26.2 Å². The minimum Gasteiger partial charge on any atom is -0.364 e. The highest BCUT2D eigenvalue weighted by Gasteiger charge is 2.18. The molecule has 0 unspecified atom stereocenters. The highest BCUT2D eigenvalue weighted by atomic mass is 16.1. The van der Waals surface area contributed by atoms with Crippen molar-refractivity contribution in [1.82, 2.24) is 9.97 Å². The monoisotopic (exact) mass is 179 g/mol. The second kappa shape index (κ2) is 3.12. The number of amides is 1. The summed E-state index contributed by atoms with van der Waals surface area (Å²) in [5.41, 5.74) is 5.20. The molecule has 0 radical (unpaired) electrons. The Labute approximate surface area is 77.2 Å². The largest absolute Gasteiger partial charge is 0.364 e. The standard InChI is InChI=1S/C9H13N3O/c1-9(2,3)8-11-5-4-6(12-8)7(10)13/h4-5H,1-3H3,(H2,10,13). The van der Waals surface area contributed by atoms with Crippen molar-refractivity contribution in [3.05, 3.63) is 23.8 Å². The van der Waals surface area contributed by atoms with E-state index in [0.29, 0.717) is 5.82 Å². The average Bonchev–Trinajstić information content (AvgIpc) is 2.03. The van der Waals surface area contributed by atoms with Gasteiger partial charge in [-0.3, -0.25) is 4.79 Å². The average molecular weight is 179 g/mol. The molecule has 1 aromatic heterocycles. The molecule has 4 nitrogen and oxygen atoms in total. The van der Waals surface area contributed by atoms with Crippen LogP contribution in [0.25, 0.3) is 0 Å². The Morgan fingerprint density at radius 3 is 2.54 bits per heavy atom. The summed E-state index contributed by atoms with van der Waals surface area (Å²) in [5, 5.41) is 0. The number of carbonyl (C=O) groups excluding carboxylic acids is 1. The lowest BCUT2D eigenvalue weighted by Gasteiger charge is -2.15. The number of hydrogen-bond donors (Lipinski definition) is 1. The highest BCUT2D eigenvalue weighted by Crippen LogP contribution is 2.17. The molecule has 0 aromatic carbocycles. The molecule has 1 aromatic rings. The predicted molar refractivity (Wildman–Crippen MR) is 49.2 cm³/mol. The van der Waals surface area contributed by atoms with Crippen molar-refractivity contribution in [3.8, 4) is 0 Å². The van der Waals surface area contributed by atoms with Crippen molar-refractivity contribution < 1.29 is 4.79 Å². The van der Waals surface area contributed by atoms with E-state index in [1.807, 2.05) is 20.8 Å². The molecule has 13 heavy (non-hydrogen) atoms. The van der Waals surface area contributed by atoms with Crippen molar-refractivity contribution in [1.29, 1.82) is 0 Å². The van der Waals surface area contributed by atoms with Crippen LogP contribution in [0.5, 0.6) is 0 Å². The van der Waals surface area contributed by atoms with Crippen LogP contribution in [0.4, 0.5) is 0 Å². The van der Waals surface area contributed by atoms with Crippen molar-refractivity contribution >= 4 is 5.91 Å². The molecule has 0 saturated heterocycles. The molecule has 0 atom stereocenters. The summed E-state index contributed by atoms with van der Waals surface area (Å²) in [6.45, 7) is 5.94. The van der Waals surface area contributed by atoms with E-state index < -0.39 is 5.91 Å². The van der Waals surface area contributed by atoms with E-state index in [4.69, 9.17) is 5.73 Å². The van der Waals surface area contributed by atoms with Crippen LogP contribution in [0, 0.1) is 0 Å². The summed E-state index contributed by atoms with van der Waals surface area (Å²) in [5.74, 6) is 0.108. The number of primary amides is 1. The Balaban J connectivity index is 3.13. The van der Waals surface area contributed by atoms with Gasteiger partial charge in [0, 0.05) is 11.6 Å². The zero-order chi connectivity index (χ0) is 10.1. The zero-order valence-corrected chi connectivity index (χ0v) is 8.03. The van der Waals surface area contributed by atoms with Gasteiger partial charge in [-0.1, -0.05) is 20.8 Å². The fourth-order valence-corrected chi connectivity index (χ4v) is 0.857. The lowest BCUT2D eigenvalue weighted by molar-refractivity contribution is 0.0995. The van der Waals surface area contributed by atoms with E-state index in [1.54, 1.807) is 6.20 Å². The highest BCUT2D eigenvalue weighted by molar-refractivity contribution is 5.90.